The van der Waals surface area contributed by atoms with Gasteiger partial charge < -0.3 is 14.5 Å². The summed E-state index contributed by atoms with van der Waals surface area (Å²) in [5, 5.41) is 7.22. The molecule has 4 rings (SSSR count). The Morgan fingerprint density at radius 2 is 2.00 bits per heavy atom. The van der Waals surface area contributed by atoms with Crippen molar-refractivity contribution in [2.24, 2.45) is 0 Å². The summed E-state index contributed by atoms with van der Waals surface area (Å²) in [6, 6.07) is 12.6. The molecular formula is C22H21N5O4. The molecule has 0 aliphatic rings. The lowest BCUT2D eigenvalue weighted by Gasteiger charge is -2.11. The number of furan rings is 1. The summed E-state index contributed by atoms with van der Waals surface area (Å²) in [6.45, 7) is 5.13. The number of aromatic nitrogens is 4. The van der Waals surface area contributed by atoms with E-state index in [-0.39, 0.29) is 24.0 Å². The molecule has 9 heteroatoms. The first kappa shape index (κ1) is 20.1. The molecule has 0 atom stereocenters. The van der Waals surface area contributed by atoms with Crippen molar-refractivity contribution in [1.29, 1.82) is 0 Å². The Hall–Kier alpha value is -4.14. The molecule has 0 aliphatic carbocycles. The average Bonchev–Trinajstić information content (AvgIpc) is 3.41. The van der Waals surface area contributed by atoms with Crippen LogP contribution in [0.15, 0.2) is 57.9 Å². The molecule has 0 unspecified atom stereocenters. The zero-order chi connectivity index (χ0) is 22.0. The molecule has 9 nitrogen and oxygen atoms in total. The number of anilines is 1. The topological polar surface area (TPSA) is 115 Å². The molecule has 0 fully saturated rings. The molecule has 158 valence electrons. The highest BCUT2D eigenvalue weighted by Crippen LogP contribution is 2.24. The Kier molecular flexibility index (Phi) is 5.40. The van der Waals surface area contributed by atoms with Crippen LogP contribution in [0.5, 0.6) is 5.75 Å². The summed E-state index contributed by atoms with van der Waals surface area (Å²) >= 11 is 0. The predicted octanol–water partition coefficient (Wildman–Crippen LogP) is 3.16. The van der Waals surface area contributed by atoms with Crippen LogP contribution in [0.4, 0.5) is 5.82 Å². The van der Waals surface area contributed by atoms with Gasteiger partial charge in [-0.1, -0.05) is 18.2 Å². The summed E-state index contributed by atoms with van der Waals surface area (Å²) in [6.07, 6.45) is 1.53. The van der Waals surface area contributed by atoms with E-state index in [1.54, 1.807) is 38.1 Å². The standard InChI is InChI=1S/C22H21N5O4/c1-13-7-4-5-8-17(13)31-12-20(28)24-19-11-16(18-9-6-10-30-18)26-27(19)22-23-15(3)14(2)21(29)25-22/h4-11H,12H2,1-3H3,(H,24,28)(H,23,25,29). The van der Waals surface area contributed by atoms with Crippen LogP contribution in [0.3, 0.4) is 0 Å². The number of amides is 1. The normalized spacial score (nSPS) is 10.8. The fourth-order valence-corrected chi connectivity index (χ4v) is 2.95. The molecule has 0 radical (unpaired) electrons. The van der Waals surface area contributed by atoms with Crippen LogP contribution in [0.1, 0.15) is 16.8 Å². The number of aromatic amines is 1. The number of aryl methyl sites for hydroxylation is 2. The quantitative estimate of drug-likeness (QED) is 0.496. The number of para-hydroxylation sites is 1. The molecule has 2 N–H and O–H groups in total. The first-order valence-electron chi connectivity index (χ1n) is 9.62. The number of nitrogens with one attached hydrogen (secondary N) is 2. The fourth-order valence-electron chi connectivity index (χ4n) is 2.95. The molecule has 0 saturated heterocycles. The lowest BCUT2D eigenvalue weighted by molar-refractivity contribution is -0.118. The minimum absolute atomic E-state index is 0.182. The van der Waals surface area contributed by atoms with Gasteiger partial charge >= 0.3 is 0 Å². The number of nitrogens with zero attached hydrogens (tertiary/aromatic N) is 3. The predicted molar refractivity (Wildman–Crippen MR) is 114 cm³/mol. The Morgan fingerprint density at radius 1 is 1.19 bits per heavy atom. The third-order valence-corrected chi connectivity index (χ3v) is 4.79. The van der Waals surface area contributed by atoms with Gasteiger partial charge in [0.05, 0.1) is 6.26 Å². The Balaban J connectivity index is 1.64. The van der Waals surface area contributed by atoms with E-state index in [9.17, 15) is 9.59 Å². The molecule has 3 heterocycles. The Labute approximate surface area is 177 Å². The van der Waals surface area contributed by atoms with Gasteiger partial charge in [-0.2, -0.15) is 9.78 Å². The summed E-state index contributed by atoms with van der Waals surface area (Å²) in [4.78, 5) is 31.9. The van der Waals surface area contributed by atoms with Gasteiger partial charge in [0.2, 0.25) is 5.95 Å². The van der Waals surface area contributed by atoms with Crippen molar-refractivity contribution in [3.05, 3.63) is 75.9 Å². The lowest BCUT2D eigenvalue weighted by Crippen LogP contribution is -2.24. The van der Waals surface area contributed by atoms with Gasteiger partial charge in [0.15, 0.2) is 12.4 Å². The number of carbonyl (C=O) groups excluding carboxylic acids is 1. The molecule has 1 aromatic carbocycles. The third-order valence-electron chi connectivity index (χ3n) is 4.79. The second-order valence-corrected chi connectivity index (χ2v) is 7.01. The van der Waals surface area contributed by atoms with E-state index in [0.717, 1.165) is 5.56 Å². The minimum atomic E-state index is -0.387. The lowest BCUT2D eigenvalue weighted by atomic mass is 10.2. The van der Waals surface area contributed by atoms with E-state index in [1.807, 2.05) is 25.1 Å². The molecule has 0 spiro atoms. The second kappa shape index (κ2) is 8.31. The molecule has 4 aromatic rings. The van der Waals surface area contributed by atoms with Gasteiger partial charge in [-0.05, 0) is 44.5 Å². The van der Waals surface area contributed by atoms with Crippen LogP contribution in [-0.4, -0.2) is 32.3 Å². The highest BCUT2D eigenvalue weighted by Gasteiger charge is 2.18. The summed E-state index contributed by atoms with van der Waals surface area (Å²) in [5.41, 5.74) is 2.20. The van der Waals surface area contributed by atoms with Gasteiger partial charge in [0.25, 0.3) is 11.5 Å². The maximum atomic E-state index is 12.6. The largest absolute Gasteiger partial charge is 0.483 e. The van der Waals surface area contributed by atoms with E-state index in [4.69, 9.17) is 9.15 Å². The van der Waals surface area contributed by atoms with Crippen molar-refractivity contribution in [2.45, 2.75) is 20.8 Å². The molecular weight excluding hydrogens is 398 g/mol. The number of rotatable bonds is 6. The van der Waals surface area contributed by atoms with Gasteiger partial charge in [-0.25, -0.2) is 4.98 Å². The number of H-pyrrole nitrogens is 1. The van der Waals surface area contributed by atoms with Gasteiger partial charge in [-0.15, -0.1) is 0 Å². The van der Waals surface area contributed by atoms with Crippen molar-refractivity contribution < 1.29 is 13.9 Å². The third kappa shape index (κ3) is 4.25. The van der Waals surface area contributed by atoms with E-state index in [0.29, 0.717) is 34.3 Å². The smallest absolute Gasteiger partial charge is 0.263 e. The summed E-state index contributed by atoms with van der Waals surface area (Å²) in [5.74, 6) is 1.25. The molecule has 0 bridgehead atoms. The van der Waals surface area contributed by atoms with Crippen LogP contribution in [0.25, 0.3) is 17.4 Å². The fraction of sp³-hybridized carbons (Fsp3) is 0.182. The van der Waals surface area contributed by atoms with Crippen LogP contribution in [0.2, 0.25) is 0 Å². The minimum Gasteiger partial charge on any atom is -0.483 e. The van der Waals surface area contributed by atoms with Crippen LogP contribution < -0.4 is 15.6 Å². The van der Waals surface area contributed by atoms with Crippen LogP contribution in [0, 0.1) is 20.8 Å². The Morgan fingerprint density at radius 3 is 2.71 bits per heavy atom. The van der Waals surface area contributed by atoms with Crippen LogP contribution in [-0.2, 0) is 4.79 Å². The Bertz CT molecular complexity index is 1290. The number of carbonyl (C=O) groups is 1. The molecule has 0 aliphatic heterocycles. The molecule has 31 heavy (non-hydrogen) atoms. The van der Waals surface area contributed by atoms with Crippen molar-refractivity contribution in [3.63, 3.8) is 0 Å². The number of hydrogen-bond donors (Lipinski definition) is 2. The first-order valence-corrected chi connectivity index (χ1v) is 9.62. The van der Waals surface area contributed by atoms with E-state index in [2.05, 4.69) is 20.4 Å². The maximum absolute atomic E-state index is 12.6. The first-order chi connectivity index (χ1) is 14.9. The van der Waals surface area contributed by atoms with Crippen molar-refractivity contribution in [2.75, 3.05) is 11.9 Å². The van der Waals surface area contributed by atoms with Gasteiger partial charge in [0.1, 0.15) is 17.3 Å². The number of hydrogen-bond acceptors (Lipinski definition) is 6. The van der Waals surface area contributed by atoms with E-state index >= 15 is 0 Å². The highest BCUT2D eigenvalue weighted by molar-refractivity contribution is 5.91. The van der Waals surface area contributed by atoms with Crippen molar-refractivity contribution in [3.8, 4) is 23.2 Å². The second-order valence-electron chi connectivity index (χ2n) is 7.01. The maximum Gasteiger partial charge on any atom is 0.263 e. The molecule has 3 aromatic heterocycles. The summed E-state index contributed by atoms with van der Waals surface area (Å²) in [7, 11) is 0. The van der Waals surface area contributed by atoms with Gasteiger partial charge in [0, 0.05) is 17.3 Å². The zero-order valence-electron chi connectivity index (χ0n) is 17.3. The number of ether oxygens (including phenoxy) is 1. The van der Waals surface area contributed by atoms with E-state index < -0.39 is 0 Å². The monoisotopic (exact) mass is 419 g/mol. The van der Waals surface area contributed by atoms with E-state index in [1.165, 1.54) is 10.9 Å². The summed E-state index contributed by atoms with van der Waals surface area (Å²) < 4.78 is 12.4. The SMILES string of the molecule is Cc1ccccc1OCC(=O)Nc1cc(-c2ccco2)nn1-c1nc(C)c(C)c(=O)[nH]1. The zero-order valence-corrected chi connectivity index (χ0v) is 17.3. The average molecular weight is 419 g/mol. The highest BCUT2D eigenvalue weighted by atomic mass is 16.5. The number of benzene rings is 1. The van der Waals surface area contributed by atoms with Crippen molar-refractivity contribution >= 4 is 11.7 Å². The molecule has 1 amide bonds. The van der Waals surface area contributed by atoms with Gasteiger partial charge in [-0.3, -0.25) is 14.6 Å². The van der Waals surface area contributed by atoms with Crippen LogP contribution >= 0.6 is 0 Å². The van der Waals surface area contributed by atoms with Crippen molar-refractivity contribution in [1.82, 2.24) is 19.7 Å². The molecule has 0 saturated carbocycles.